The Kier molecular flexibility index (Phi) is 4.47. The number of carboxylic acid groups (broad SMARTS) is 1. The first-order valence-corrected chi connectivity index (χ1v) is 6.08. The predicted molar refractivity (Wildman–Crippen MR) is 63.8 cm³/mol. The fraction of sp³-hybridized carbons (Fsp3) is 0.778. The molecule has 96 valence electrons. The summed E-state index contributed by atoms with van der Waals surface area (Å²) >= 11 is 1.46. The van der Waals surface area contributed by atoms with Gasteiger partial charge in [0.15, 0.2) is 0 Å². The monoisotopic (exact) mass is 259 g/mol. The maximum Gasteiger partial charge on any atom is 0.323 e. The molecule has 0 saturated heterocycles. The van der Waals surface area contributed by atoms with E-state index >= 15 is 0 Å². The Morgan fingerprint density at radius 1 is 1.71 bits per heavy atom. The van der Waals surface area contributed by atoms with Crippen molar-refractivity contribution in [2.75, 3.05) is 7.05 Å². The third-order valence-electron chi connectivity index (χ3n) is 2.61. The van der Waals surface area contributed by atoms with Crippen molar-refractivity contribution >= 4 is 17.7 Å². The molecule has 7 nitrogen and oxygen atoms in total. The molecule has 17 heavy (non-hydrogen) atoms. The molecule has 2 atom stereocenters. The van der Waals surface area contributed by atoms with Gasteiger partial charge in [0.05, 0.1) is 0 Å². The maximum atomic E-state index is 11.1. The van der Waals surface area contributed by atoms with E-state index in [1.54, 1.807) is 25.7 Å². The summed E-state index contributed by atoms with van der Waals surface area (Å²) in [5, 5.41) is 23.9. The average molecular weight is 259 g/mol. The fourth-order valence-corrected chi connectivity index (χ4v) is 2.46. The smallest absolute Gasteiger partial charge is 0.323 e. The third kappa shape index (κ3) is 3.40. The van der Waals surface area contributed by atoms with Crippen LogP contribution in [0.5, 0.6) is 0 Å². The topological polar surface area (TPSA) is 92.9 Å². The molecule has 0 aromatic carbocycles. The second-order valence-corrected chi connectivity index (χ2v) is 5.51. The van der Waals surface area contributed by atoms with E-state index in [1.807, 2.05) is 6.92 Å². The van der Waals surface area contributed by atoms with E-state index < -0.39 is 11.5 Å². The predicted octanol–water partition coefficient (Wildman–Crippen LogP) is 0.143. The van der Waals surface area contributed by atoms with Gasteiger partial charge in [-0.25, -0.2) is 4.68 Å². The zero-order valence-corrected chi connectivity index (χ0v) is 11.2. The highest BCUT2D eigenvalue weighted by atomic mass is 32.2. The third-order valence-corrected chi connectivity index (χ3v) is 3.73. The first kappa shape index (κ1) is 13.9. The lowest BCUT2D eigenvalue weighted by atomic mass is 9.97. The minimum absolute atomic E-state index is 0.0910. The van der Waals surface area contributed by atoms with Crippen molar-refractivity contribution in [2.45, 2.75) is 36.2 Å². The SMILES string of the molecule is CNC(C)(CC(C)Sc1nnnn1C)C(=O)O. The van der Waals surface area contributed by atoms with Crippen LogP contribution in [0.2, 0.25) is 0 Å². The molecule has 0 aliphatic carbocycles. The summed E-state index contributed by atoms with van der Waals surface area (Å²) in [5.41, 5.74) is -0.932. The molecule has 1 heterocycles. The summed E-state index contributed by atoms with van der Waals surface area (Å²) in [6, 6.07) is 0. The summed E-state index contributed by atoms with van der Waals surface area (Å²) in [6.45, 7) is 3.62. The number of nitrogens with zero attached hydrogens (tertiary/aromatic N) is 4. The van der Waals surface area contributed by atoms with Crippen LogP contribution in [0.3, 0.4) is 0 Å². The van der Waals surface area contributed by atoms with Crippen LogP contribution in [0.1, 0.15) is 20.3 Å². The van der Waals surface area contributed by atoms with Crippen molar-refractivity contribution < 1.29 is 9.90 Å². The first-order chi connectivity index (χ1) is 7.89. The molecule has 0 amide bonds. The van der Waals surface area contributed by atoms with E-state index in [-0.39, 0.29) is 5.25 Å². The number of carboxylic acids is 1. The van der Waals surface area contributed by atoms with Crippen molar-refractivity contribution in [3.8, 4) is 0 Å². The number of hydrogen-bond donors (Lipinski definition) is 2. The normalized spacial score (nSPS) is 16.5. The van der Waals surface area contributed by atoms with Gasteiger partial charge in [-0.15, -0.1) is 5.10 Å². The number of aliphatic carboxylic acids is 1. The number of tetrazole rings is 1. The van der Waals surface area contributed by atoms with Crippen LogP contribution >= 0.6 is 11.8 Å². The Labute approximate surface area is 104 Å². The van der Waals surface area contributed by atoms with Crippen LogP contribution in [0.15, 0.2) is 5.16 Å². The Hall–Kier alpha value is -1.15. The lowest BCUT2D eigenvalue weighted by Gasteiger charge is -2.26. The molecular formula is C9H17N5O2S. The molecule has 1 aromatic rings. The molecule has 0 radical (unpaired) electrons. The van der Waals surface area contributed by atoms with Crippen molar-refractivity contribution in [1.82, 2.24) is 25.5 Å². The van der Waals surface area contributed by atoms with Crippen molar-refractivity contribution in [3.63, 3.8) is 0 Å². The molecule has 0 aliphatic rings. The van der Waals surface area contributed by atoms with Crippen LogP contribution in [-0.4, -0.2) is 49.1 Å². The van der Waals surface area contributed by atoms with Gasteiger partial charge in [-0.05, 0) is 30.8 Å². The number of aryl methyl sites for hydroxylation is 1. The molecular weight excluding hydrogens is 242 g/mol. The highest BCUT2D eigenvalue weighted by molar-refractivity contribution is 7.99. The van der Waals surface area contributed by atoms with Gasteiger partial charge in [-0.1, -0.05) is 18.7 Å². The molecule has 0 spiro atoms. The molecule has 2 unspecified atom stereocenters. The van der Waals surface area contributed by atoms with Gasteiger partial charge >= 0.3 is 5.97 Å². The molecule has 1 aromatic heterocycles. The minimum Gasteiger partial charge on any atom is -0.480 e. The minimum atomic E-state index is -0.932. The van der Waals surface area contributed by atoms with Crippen molar-refractivity contribution in [3.05, 3.63) is 0 Å². The summed E-state index contributed by atoms with van der Waals surface area (Å²) in [7, 11) is 3.40. The van der Waals surface area contributed by atoms with E-state index in [2.05, 4.69) is 20.8 Å². The van der Waals surface area contributed by atoms with Gasteiger partial charge in [-0.3, -0.25) is 4.79 Å². The van der Waals surface area contributed by atoms with Crippen molar-refractivity contribution in [2.24, 2.45) is 7.05 Å². The van der Waals surface area contributed by atoms with E-state index in [0.29, 0.717) is 11.6 Å². The summed E-state index contributed by atoms with van der Waals surface area (Å²) in [5.74, 6) is -0.858. The number of likely N-dealkylation sites (N-methyl/N-ethyl adjacent to an activating group) is 1. The lowest BCUT2D eigenvalue weighted by Crippen LogP contribution is -2.49. The number of hydrogen-bond acceptors (Lipinski definition) is 6. The lowest BCUT2D eigenvalue weighted by molar-refractivity contribution is -0.144. The number of nitrogens with one attached hydrogen (secondary N) is 1. The first-order valence-electron chi connectivity index (χ1n) is 5.20. The van der Waals surface area contributed by atoms with Crippen LogP contribution in [0.4, 0.5) is 0 Å². The Morgan fingerprint density at radius 3 is 2.76 bits per heavy atom. The summed E-state index contributed by atoms with van der Waals surface area (Å²) in [6.07, 6.45) is 0.482. The standard InChI is InChI=1S/C9H17N5O2S/c1-6(5-9(2,10-3)7(15)16)17-8-11-12-13-14(8)4/h6,10H,5H2,1-4H3,(H,15,16). The van der Waals surface area contributed by atoms with Gasteiger partial charge in [-0.2, -0.15) is 0 Å². The van der Waals surface area contributed by atoms with Crippen LogP contribution < -0.4 is 5.32 Å². The Bertz CT molecular complexity index is 396. The second-order valence-electron chi connectivity index (χ2n) is 4.10. The van der Waals surface area contributed by atoms with Gasteiger partial charge in [0.2, 0.25) is 5.16 Å². The maximum absolute atomic E-state index is 11.1. The zero-order chi connectivity index (χ0) is 13.1. The molecule has 0 saturated carbocycles. The highest BCUT2D eigenvalue weighted by Gasteiger charge is 2.33. The number of carbonyl (C=O) groups is 1. The largest absolute Gasteiger partial charge is 0.480 e. The van der Waals surface area contributed by atoms with E-state index in [4.69, 9.17) is 5.11 Å². The fourth-order valence-electron chi connectivity index (χ4n) is 1.41. The molecule has 8 heteroatoms. The number of aromatic nitrogens is 4. The molecule has 0 bridgehead atoms. The van der Waals surface area contributed by atoms with Gasteiger partial charge in [0.25, 0.3) is 0 Å². The molecule has 1 rings (SSSR count). The van der Waals surface area contributed by atoms with Crippen LogP contribution in [-0.2, 0) is 11.8 Å². The quantitative estimate of drug-likeness (QED) is 0.702. The van der Waals surface area contributed by atoms with Gasteiger partial charge in [0, 0.05) is 12.3 Å². The molecule has 2 N–H and O–H groups in total. The average Bonchev–Trinajstić information content (AvgIpc) is 2.63. The van der Waals surface area contributed by atoms with E-state index in [9.17, 15) is 4.79 Å². The van der Waals surface area contributed by atoms with Crippen LogP contribution in [0.25, 0.3) is 0 Å². The number of rotatable bonds is 6. The zero-order valence-electron chi connectivity index (χ0n) is 10.3. The summed E-state index contributed by atoms with van der Waals surface area (Å²) in [4.78, 5) is 11.1. The highest BCUT2D eigenvalue weighted by Crippen LogP contribution is 2.26. The van der Waals surface area contributed by atoms with Crippen LogP contribution in [0, 0.1) is 0 Å². The summed E-state index contributed by atoms with van der Waals surface area (Å²) < 4.78 is 1.57. The van der Waals surface area contributed by atoms with E-state index in [1.165, 1.54) is 11.8 Å². The van der Waals surface area contributed by atoms with E-state index in [0.717, 1.165) is 0 Å². The Balaban J connectivity index is 2.63. The number of thioether (sulfide) groups is 1. The van der Waals surface area contributed by atoms with Crippen molar-refractivity contribution in [1.29, 1.82) is 0 Å². The van der Waals surface area contributed by atoms with Gasteiger partial charge < -0.3 is 10.4 Å². The Morgan fingerprint density at radius 2 is 2.35 bits per heavy atom. The van der Waals surface area contributed by atoms with Gasteiger partial charge in [0.1, 0.15) is 5.54 Å². The second kappa shape index (κ2) is 5.46. The molecule has 0 aliphatic heterocycles. The molecule has 0 fully saturated rings.